The number of rotatable bonds is 2. The molecule has 0 radical (unpaired) electrons. The van der Waals surface area contributed by atoms with Gasteiger partial charge in [0.05, 0.1) is 5.52 Å². The van der Waals surface area contributed by atoms with E-state index in [9.17, 15) is 4.79 Å². The van der Waals surface area contributed by atoms with Crippen LogP contribution in [-0.4, -0.2) is 4.57 Å². The maximum Gasteiger partial charge on any atom is 0.419 e. The van der Waals surface area contributed by atoms with Crippen molar-refractivity contribution in [1.29, 1.82) is 0 Å². The van der Waals surface area contributed by atoms with Gasteiger partial charge < -0.3 is 4.42 Å². The molecule has 1 aliphatic rings. The molecule has 1 heterocycles. The molecule has 3 nitrogen and oxygen atoms in total. The van der Waals surface area contributed by atoms with Crippen molar-refractivity contribution < 1.29 is 4.42 Å². The zero-order chi connectivity index (χ0) is 10.4. The summed E-state index contributed by atoms with van der Waals surface area (Å²) in [7, 11) is 0. The number of hydrogen-bond acceptors (Lipinski definition) is 2. The molecule has 1 aromatic heterocycles. The van der Waals surface area contributed by atoms with E-state index >= 15 is 0 Å². The van der Waals surface area contributed by atoms with E-state index in [4.69, 9.17) is 4.42 Å². The fourth-order valence-corrected chi connectivity index (χ4v) is 2.11. The second-order valence-corrected chi connectivity index (χ2v) is 4.95. The summed E-state index contributed by atoms with van der Waals surface area (Å²) >= 11 is 3.36. The first kappa shape index (κ1) is 9.21. The predicted octanol–water partition coefficient (Wildman–Crippen LogP) is 2.77. The van der Waals surface area contributed by atoms with Crippen LogP contribution >= 0.6 is 15.9 Å². The van der Waals surface area contributed by atoms with Gasteiger partial charge >= 0.3 is 5.76 Å². The van der Waals surface area contributed by atoms with E-state index in [-0.39, 0.29) is 5.76 Å². The van der Waals surface area contributed by atoms with E-state index in [1.807, 2.05) is 18.2 Å². The van der Waals surface area contributed by atoms with Crippen LogP contribution in [0.1, 0.15) is 12.8 Å². The lowest BCUT2D eigenvalue weighted by Gasteiger charge is -1.98. The van der Waals surface area contributed by atoms with Crippen LogP contribution in [0, 0.1) is 5.92 Å². The monoisotopic (exact) mass is 267 g/mol. The molecule has 1 aliphatic carbocycles. The minimum Gasteiger partial charge on any atom is -0.408 e. The van der Waals surface area contributed by atoms with Crippen molar-refractivity contribution in [2.24, 2.45) is 5.92 Å². The standard InChI is InChI=1S/C11H10BrNO2/c12-8-3-4-9-10(5-8)15-11(14)13(9)6-7-1-2-7/h3-5,7H,1-2,6H2. The molecule has 0 spiro atoms. The maximum atomic E-state index is 11.6. The first-order valence-electron chi connectivity index (χ1n) is 5.03. The molecule has 0 amide bonds. The van der Waals surface area contributed by atoms with Crippen LogP contribution in [0.2, 0.25) is 0 Å². The topological polar surface area (TPSA) is 35.1 Å². The second-order valence-electron chi connectivity index (χ2n) is 4.03. The Labute approximate surface area is 94.8 Å². The van der Waals surface area contributed by atoms with E-state index in [1.165, 1.54) is 12.8 Å². The first-order valence-corrected chi connectivity index (χ1v) is 5.82. The van der Waals surface area contributed by atoms with Crippen molar-refractivity contribution in [3.8, 4) is 0 Å². The highest BCUT2D eigenvalue weighted by molar-refractivity contribution is 9.10. The minimum absolute atomic E-state index is 0.241. The Hall–Kier alpha value is -1.03. The molecule has 0 saturated heterocycles. The van der Waals surface area contributed by atoms with Crippen molar-refractivity contribution in [3.05, 3.63) is 33.2 Å². The van der Waals surface area contributed by atoms with Crippen LogP contribution in [0.4, 0.5) is 0 Å². The van der Waals surface area contributed by atoms with Crippen LogP contribution < -0.4 is 5.76 Å². The molecule has 1 saturated carbocycles. The van der Waals surface area contributed by atoms with Gasteiger partial charge in [0, 0.05) is 11.0 Å². The molecular weight excluding hydrogens is 258 g/mol. The lowest BCUT2D eigenvalue weighted by molar-refractivity contribution is 0.492. The van der Waals surface area contributed by atoms with Crippen LogP contribution in [0.25, 0.3) is 11.1 Å². The van der Waals surface area contributed by atoms with E-state index in [1.54, 1.807) is 4.57 Å². The molecule has 15 heavy (non-hydrogen) atoms. The quantitative estimate of drug-likeness (QED) is 0.839. The SMILES string of the molecule is O=c1oc2cc(Br)ccc2n1CC1CC1. The Morgan fingerprint density at radius 1 is 1.47 bits per heavy atom. The minimum atomic E-state index is -0.241. The van der Waals surface area contributed by atoms with E-state index < -0.39 is 0 Å². The smallest absolute Gasteiger partial charge is 0.408 e. The Kier molecular flexibility index (Phi) is 1.99. The zero-order valence-corrected chi connectivity index (χ0v) is 9.66. The highest BCUT2D eigenvalue weighted by Gasteiger charge is 2.24. The fourth-order valence-electron chi connectivity index (χ4n) is 1.77. The van der Waals surface area contributed by atoms with Crippen molar-refractivity contribution in [2.75, 3.05) is 0 Å². The largest absolute Gasteiger partial charge is 0.419 e. The van der Waals surface area contributed by atoms with Crippen molar-refractivity contribution in [2.45, 2.75) is 19.4 Å². The van der Waals surface area contributed by atoms with E-state index in [0.29, 0.717) is 11.5 Å². The molecule has 4 heteroatoms. The summed E-state index contributed by atoms with van der Waals surface area (Å²) in [5.41, 5.74) is 1.56. The number of benzene rings is 1. The molecule has 78 valence electrons. The molecule has 0 aliphatic heterocycles. The van der Waals surface area contributed by atoms with Gasteiger partial charge in [-0.25, -0.2) is 4.79 Å². The molecule has 1 fully saturated rings. The summed E-state index contributed by atoms with van der Waals surface area (Å²) in [5.74, 6) is 0.433. The van der Waals surface area contributed by atoms with E-state index in [2.05, 4.69) is 15.9 Å². The molecule has 0 unspecified atom stereocenters. The molecule has 3 rings (SSSR count). The summed E-state index contributed by atoms with van der Waals surface area (Å²) < 4.78 is 7.85. The number of oxazole rings is 1. The van der Waals surface area contributed by atoms with Gasteiger partial charge in [-0.05, 0) is 37.0 Å². The fraction of sp³-hybridized carbons (Fsp3) is 0.364. The van der Waals surface area contributed by atoms with Crippen molar-refractivity contribution in [1.82, 2.24) is 4.57 Å². The molecule has 0 bridgehead atoms. The Balaban J connectivity index is 2.18. The van der Waals surface area contributed by atoms with Gasteiger partial charge in [-0.3, -0.25) is 4.57 Å². The highest BCUT2D eigenvalue weighted by atomic mass is 79.9. The van der Waals surface area contributed by atoms with Gasteiger partial charge in [-0.15, -0.1) is 0 Å². The van der Waals surface area contributed by atoms with Crippen LogP contribution in [0.15, 0.2) is 31.9 Å². The third kappa shape index (κ3) is 1.63. The van der Waals surface area contributed by atoms with Gasteiger partial charge in [-0.1, -0.05) is 15.9 Å². The van der Waals surface area contributed by atoms with Crippen LogP contribution in [-0.2, 0) is 6.54 Å². The second kappa shape index (κ2) is 3.23. The predicted molar refractivity (Wildman–Crippen MR) is 60.9 cm³/mol. The Morgan fingerprint density at radius 3 is 3.00 bits per heavy atom. The summed E-state index contributed by atoms with van der Waals surface area (Å²) in [6.45, 7) is 0.799. The van der Waals surface area contributed by atoms with Crippen molar-refractivity contribution >= 4 is 27.0 Å². The normalized spacial score (nSPS) is 16.1. The number of nitrogens with zero attached hydrogens (tertiary/aromatic N) is 1. The molecule has 2 aromatic rings. The van der Waals surface area contributed by atoms with Gasteiger partial charge in [0.1, 0.15) is 0 Å². The maximum absolute atomic E-state index is 11.6. The summed E-state index contributed by atoms with van der Waals surface area (Å²) in [6.07, 6.45) is 2.46. The van der Waals surface area contributed by atoms with Crippen LogP contribution in [0.3, 0.4) is 0 Å². The van der Waals surface area contributed by atoms with Crippen molar-refractivity contribution in [3.63, 3.8) is 0 Å². The summed E-state index contributed by atoms with van der Waals surface area (Å²) in [6, 6.07) is 5.69. The van der Waals surface area contributed by atoms with Crippen LogP contribution in [0.5, 0.6) is 0 Å². The molecule has 0 atom stereocenters. The van der Waals surface area contributed by atoms with Gasteiger partial charge in [0.15, 0.2) is 5.58 Å². The number of hydrogen-bond donors (Lipinski definition) is 0. The Bertz CT molecular complexity index is 565. The number of aromatic nitrogens is 1. The number of halogens is 1. The average Bonchev–Trinajstić information content (AvgIpc) is 2.93. The van der Waals surface area contributed by atoms with Gasteiger partial charge in [-0.2, -0.15) is 0 Å². The Morgan fingerprint density at radius 2 is 2.27 bits per heavy atom. The molecule has 1 aromatic carbocycles. The third-order valence-electron chi connectivity index (χ3n) is 2.77. The van der Waals surface area contributed by atoms with E-state index in [0.717, 1.165) is 16.5 Å². The lowest BCUT2D eigenvalue weighted by Crippen LogP contribution is -2.14. The third-order valence-corrected chi connectivity index (χ3v) is 3.26. The first-order chi connectivity index (χ1) is 7.24. The highest BCUT2D eigenvalue weighted by Crippen LogP contribution is 2.31. The molecular formula is C11H10BrNO2. The molecule has 0 N–H and O–H groups in total. The zero-order valence-electron chi connectivity index (χ0n) is 8.07. The van der Waals surface area contributed by atoms with Gasteiger partial charge in [0.25, 0.3) is 0 Å². The lowest BCUT2D eigenvalue weighted by atomic mass is 10.3. The number of fused-ring (bicyclic) bond motifs is 1. The van der Waals surface area contributed by atoms with Gasteiger partial charge in [0.2, 0.25) is 0 Å². The summed E-state index contributed by atoms with van der Waals surface area (Å²) in [4.78, 5) is 11.6. The average molecular weight is 268 g/mol. The summed E-state index contributed by atoms with van der Waals surface area (Å²) in [5, 5.41) is 0.